The molecule has 2 atom stereocenters. The van der Waals surface area contributed by atoms with Gasteiger partial charge in [-0.15, -0.1) is 0 Å². The highest BCUT2D eigenvalue weighted by atomic mass is 32.2. The molecule has 1 saturated heterocycles. The number of β-lactam (4-membered cyclic amide) rings is 1. The molecule has 0 aromatic heterocycles. The fraction of sp³-hybridized carbons (Fsp3) is 0.800. The smallest absolute Gasteiger partial charge is 0.408 e. The SMILES string of the molecule is CC1[C@H](NC(=O)OC(C)(C)C)C(=O)N1OCS(=O)(=O)O. The van der Waals surface area contributed by atoms with Crippen molar-refractivity contribution in [1.82, 2.24) is 10.4 Å². The first-order chi connectivity index (χ1) is 8.91. The van der Waals surface area contributed by atoms with Gasteiger partial charge in [0.05, 0.1) is 6.04 Å². The van der Waals surface area contributed by atoms with Crippen LogP contribution in [0.4, 0.5) is 4.79 Å². The highest BCUT2D eigenvalue weighted by Gasteiger charge is 2.47. The fourth-order valence-electron chi connectivity index (χ4n) is 1.52. The number of hydrogen-bond acceptors (Lipinski definition) is 6. The van der Waals surface area contributed by atoms with E-state index in [1.54, 1.807) is 27.7 Å². The fourth-order valence-corrected chi connectivity index (χ4v) is 1.77. The Labute approximate surface area is 116 Å². The Morgan fingerprint density at radius 1 is 1.45 bits per heavy atom. The number of alkyl carbamates (subject to hydrolysis) is 1. The lowest BCUT2D eigenvalue weighted by molar-refractivity contribution is -0.224. The maximum Gasteiger partial charge on any atom is 0.408 e. The Morgan fingerprint density at radius 3 is 2.40 bits per heavy atom. The highest BCUT2D eigenvalue weighted by molar-refractivity contribution is 7.85. The lowest BCUT2D eigenvalue weighted by Gasteiger charge is -2.43. The first kappa shape index (κ1) is 16.7. The maximum absolute atomic E-state index is 11.6. The normalized spacial score (nSPS) is 23.2. The minimum Gasteiger partial charge on any atom is -0.444 e. The van der Waals surface area contributed by atoms with Gasteiger partial charge in [-0.2, -0.15) is 8.42 Å². The third-order valence-electron chi connectivity index (χ3n) is 2.35. The van der Waals surface area contributed by atoms with E-state index >= 15 is 0 Å². The van der Waals surface area contributed by atoms with Crippen molar-refractivity contribution in [3.05, 3.63) is 0 Å². The lowest BCUT2D eigenvalue weighted by atomic mass is 10.0. The first-order valence-electron chi connectivity index (χ1n) is 5.81. The second-order valence-electron chi connectivity index (χ2n) is 5.36. The second-order valence-corrected chi connectivity index (χ2v) is 6.76. The van der Waals surface area contributed by atoms with Crippen LogP contribution in [-0.4, -0.2) is 53.7 Å². The first-order valence-corrected chi connectivity index (χ1v) is 7.42. The van der Waals surface area contributed by atoms with Crippen LogP contribution in [0.3, 0.4) is 0 Å². The highest BCUT2D eigenvalue weighted by Crippen LogP contribution is 2.21. The Balaban J connectivity index is 2.49. The van der Waals surface area contributed by atoms with Crippen molar-refractivity contribution in [3.63, 3.8) is 0 Å². The standard InChI is InChI=1S/C10H18N2O7S/c1-6-7(11-9(14)19-10(2,3)4)8(13)12(6)18-5-20(15,16)17/h6-7H,5H2,1-4H3,(H,11,14)(H,15,16,17)/t6?,7-/m0/s1. The van der Waals surface area contributed by atoms with Gasteiger partial charge in [0, 0.05) is 0 Å². The molecule has 0 bridgehead atoms. The largest absolute Gasteiger partial charge is 0.444 e. The van der Waals surface area contributed by atoms with E-state index in [1.165, 1.54) is 0 Å². The molecule has 1 aliphatic heterocycles. The number of ether oxygens (including phenoxy) is 1. The van der Waals surface area contributed by atoms with Crippen LogP contribution in [0.5, 0.6) is 0 Å². The Morgan fingerprint density at radius 2 is 2.00 bits per heavy atom. The molecule has 1 aliphatic rings. The molecular weight excluding hydrogens is 292 g/mol. The Hall–Kier alpha value is -1.39. The van der Waals surface area contributed by atoms with Crippen LogP contribution in [0.15, 0.2) is 0 Å². The van der Waals surface area contributed by atoms with Crippen molar-refractivity contribution in [2.75, 3.05) is 5.94 Å². The van der Waals surface area contributed by atoms with E-state index in [9.17, 15) is 18.0 Å². The summed E-state index contributed by atoms with van der Waals surface area (Å²) in [7, 11) is -4.33. The van der Waals surface area contributed by atoms with Crippen molar-refractivity contribution >= 4 is 22.1 Å². The van der Waals surface area contributed by atoms with Crippen molar-refractivity contribution < 1.29 is 32.1 Å². The van der Waals surface area contributed by atoms with Gasteiger partial charge in [0.1, 0.15) is 11.6 Å². The minimum absolute atomic E-state index is 0.572. The summed E-state index contributed by atoms with van der Waals surface area (Å²) < 4.78 is 34.5. The molecule has 20 heavy (non-hydrogen) atoms. The summed E-state index contributed by atoms with van der Waals surface area (Å²) in [6.07, 6.45) is -0.753. The van der Waals surface area contributed by atoms with Gasteiger partial charge in [0.25, 0.3) is 16.0 Å². The molecule has 9 nitrogen and oxygen atoms in total. The molecule has 0 aromatic carbocycles. The molecule has 2 amide bonds. The zero-order chi connectivity index (χ0) is 15.7. The van der Waals surface area contributed by atoms with Crippen LogP contribution >= 0.6 is 0 Å². The molecule has 0 aromatic rings. The molecule has 0 spiro atoms. The van der Waals surface area contributed by atoms with Crippen LogP contribution in [0.2, 0.25) is 0 Å². The van der Waals surface area contributed by atoms with E-state index in [-0.39, 0.29) is 0 Å². The minimum atomic E-state index is -4.33. The summed E-state index contributed by atoms with van der Waals surface area (Å²) in [6, 6.07) is -1.43. The summed E-state index contributed by atoms with van der Waals surface area (Å²) in [5.74, 6) is -1.64. The molecule has 1 unspecified atom stereocenters. The summed E-state index contributed by atoms with van der Waals surface area (Å²) in [5.41, 5.74) is -0.693. The zero-order valence-electron chi connectivity index (χ0n) is 11.6. The van der Waals surface area contributed by atoms with E-state index < -0.39 is 45.7 Å². The van der Waals surface area contributed by atoms with E-state index in [0.29, 0.717) is 0 Å². The van der Waals surface area contributed by atoms with Crippen molar-refractivity contribution in [2.24, 2.45) is 0 Å². The van der Waals surface area contributed by atoms with E-state index in [4.69, 9.17) is 9.29 Å². The Bertz CT molecular complexity index is 496. The van der Waals surface area contributed by atoms with Gasteiger partial charge in [0.15, 0.2) is 0 Å². The van der Waals surface area contributed by atoms with Gasteiger partial charge in [-0.05, 0) is 27.7 Å². The summed E-state index contributed by atoms with van der Waals surface area (Å²) >= 11 is 0. The molecule has 10 heteroatoms. The predicted octanol–water partition coefficient (Wildman–Crippen LogP) is -0.113. The number of hydrogen-bond donors (Lipinski definition) is 2. The third kappa shape index (κ3) is 4.62. The van der Waals surface area contributed by atoms with Crippen LogP contribution < -0.4 is 5.32 Å². The van der Waals surface area contributed by atoms with Gasteiger partial charge < -0.3 is 10.1 Å². The topological polar surface area (TPSA) is 122 Å². The maximum atomic E-state index is 11.6. The van der Waals surface area contributed by atoms with Crippen LogP contribution in [0.25, 0.3) is 0 Å². The molecule has 0 aliphatic carbocycles. The van der Waals surface area contributed by atoms with Gasteiger partial charge in [-0.25, -0.2) is 9.86 Å². The molecular formula is C10H18N2O7S. The molecule has 2 N–H and O–H groups in total. The number of carbonyl (C=O) groups is 2. The Kier molecular flexibility index (Phi) is 4.62. The van der Waals surface area contributed by atoms with Crippen molar-refractivity contribution in [2.45, 2.75) is 45.4 Å². The van der Waals surface area contributed by atoms with Crippen molar-refractivity contribution in [3.8, 4) is 0 Å². The predicted molar refractivity (Wildman–Crippen MR) is 67.0 cm³/mol. The van der Waals surface area contributed by atoms with Gasteiger partial charge in [-0.3, -0.25) is 14.2 Å². The summed E-state index contributed by atoms with van der Waals surface area (Å²) in [4.78, 5) is 27.8. The number of nitrogens with zero attached hydrogens (tertiary/aromatic N) is 1. The number of carbonyl (C=O) groups excluding carboxylic acids is 2. The van der Waals surface area contributed by atoms with Crippen LogP contribution in [0, 0.1) is 0 Å². The lowest BCUT2D eigenvalue weighted by Crippen LogP contribution is -2.69. The van der Waals surface area contributed by atoms with E-state index in [0.717, 1.165) is 5.06 Å². The number of rotatable bonds is 4. The van der Waals surface area contributed by atoms with Crippen LogP contribution in [0.1, 0.15) is 27.7 Å². The molecule has 1 heterocycles. The number of nitrogens with one attached hydrogen (secondary N) is 1. The summed E-state index contributed by atoms with van der Waals surface area (Å²) in [6.45, 7) is 6.59. The van der Waals surface area contributed by atoms with Crippen LogP contribution in [-0.2, 0) is 24.5 Å². The molecule has 0 radical (unpaired) electrons. The second kappa shape index (κ2) is 5.54. The van der Waals surface area contributed by atoms with Crippen molar-refractivity contribution in [1.29, 1.82) is 0 Å². The average molecular weight is 310 g/mol. The van der Waals surface area contributed by atoms with Gasteiger partial charge in [-0.1, -0.05) is 0 Å². The molecule has 0 saturated carbocycles. The number of hydroxylamine groups is 2. The van der Waals surface area contributed by atoms with Gasteiger partial charge >= 0.3 is 6.09 Å². The van der Waals surface area contributed by atoms with Gasteiger partial charge in [0.2, 0.25) is 5.94 Å². The third-order valence-corrected chi connectivity index (χ3v) is 2.75. The molecule has 1 fully saturated rings. The average Bonchev–Trinajstić information content (AvgIpc) is 2.22. The van der Waals surface area contributed by atoms with E-state index in [1.807, 2.05) is 0 Å². The molecule has 116 valence electrons. The van der Waals surface area contributed by atoms with E-state index in [2.05, 4.69) is 10.2 Å². The quantitative estimate of drug-likeness (QED) is 0.548. The molecule has 1 rings (SSSR count). The number of amides is 2. The summed E-state index contributed by atoms with van der Waals surface area (Å²) in [5, 5.41) is 3.13. The monoisotopic (exact) mass is 310 g/mol. The zero-order valence-corrected chi connectivity index (χ0v) is 12.4.